The van der Waals surface area contributed by atoms with E-state index >= 15 is 0 Å². The molecule has 4 heterocycles. The monoisotopic (exact) mass is 363 g/mol. The Morgan fingerprint density at radius 2 is 2.04 bits per heavy atom. The number of aliphatic hydroxyl groups excluding tert-OH is 3. The van der Waals surface area contributed by atoms with E-state index in [0.29, 0.717) is 22.7 Å². The molecule has 0 spiro atoms. The highest BCUT2D eigenvalue weighted by Gasteiger charge is 2.44. The molecule has 3 aromatic heterocycles. The third kappa shape index (κ3) is 2.66. The lowest BCUT2D eigenvalue weighted by Gasteiger charge is -2.16. The number of imidazole rings is 1. The van der Waals surface area contributed by atoms with Crippen molar-refractivity contribution < 1.29 is 29.6 Å². The minimum absolute atomic E-state index is 0.0276. The number of fused-ring (bicyclic) bond motifs is 1. The van der Waals surface area contributed by atoms with Crippen molar-refractivity contribution in [2.24, 2.45) is 0 Å². The quantitative estimate of drug-likeness (QED) is 0.394. The maximum Gasteiger partial charge on any atom is 0.167 e. The van der Waals surface area contributed by atoms with Crippen molar-refractivity contribution in [2.75, 3.05) is 11.9 Å². The first kappa shape index (κ1) is 16.7. The summed E-state index contributed by atoms with van der Waals surface area (Å²) in [6, 6.07) is 1.43. The van der Waals surface area contributed by atoms with Crippen LogP contribution in [0, 0.1) is 0 Å². The van der Waals surface area contributed by atoms with E-state index in [-0.39, 0.29) is 12.3 Å². The molecule has 11 nitrogen and oxygen atoms in total. The van der Waals surface area contributed by atoms with Crippen molar-refractivity contribution in [2.45, 2.75) is 31.1 Å². The minimum atomic E-state index is -1.24. The summed E-state index contributed by atoms with van der Waals surface area (Å²) in [6.07, 6.45) is -0.197. The number of nitrogens with one attached hydrogen (secondary N) is 1. The van der Waals surface area contributed by atoms with E-state index in [4.69, 9.17) is 9.15 Å². The molecular weight excluding hydrogens is 346 g/mol. The average molecular weight is 363 g/mol. The van der Waals surface area contributed by atoms with Crippen LogP contribution in [-0.4, -0.2) is 64.9 Å². The van der Waals surface area contributed by atoms with Gasteiger partial charge < -0.3 is 34.9 Å². The van der Waals surface area contributed by atoms with Crippen LogP contribution in [0.15, 0.2) is 29.4 Å². The molecule has 0 radical (unpaired) electrons. The second-order valence-corrected chi connectivity index (χ2v) is 5.86. The number of rotatable bonds is 5. The van der Waals surface area contributed by atoms with Crippen molar-refractivity contribution in [3.63, 3.8) is 0 Å². The van der Waals surface area contributed by atoms with Crippen LogP contribution in [0.5, 0.6) is 5.75 Å². The Hall–Kier alpha value is -2.73. The molecule has 4 atom stereocenters. The zero-order chi connectivity index (χ0) is 18.3. The number of anilines is 1. The number of hydrogen-bond acceptors (Lipinski definition) is 10. The SMILES string of the molecule is OC[C@H]1O[C@@H](n2cnc3c(NCc4occc4O)ncnc32)[C@@H](O)[C@@H]1O. The first-order valence-corrected chi connectivity index (χ1v) is 7.89. The van der Waals surface area contributed by atoms with Crippen LogP contribution < -0.4 is 5.32 Å². The molecule has 1 aliphatic heterocycles. The number of ether oxygens (including phenoxy) is 1. The molecule has 0 aromatic carbocycles. The van der Waals surface area contributed by atoms with E-state index in [0.717, 1.165) is 0 Å². The second kappa shape index (κ2) is 6.53. The number of aromatic nitrogens is 4. The van der Waals surface area contributed by atoms with E-state index in [1.54, 1.807) is 0 Å². The lowest BCUT2D eigenvalue weighted by molar-refractivity contribution is -0.0511. The maximum absolute atomic E-state index is 10.2. The summed E-state index contributed by atoms with van der Waals surface area (Å²) >= 11 is 0. The fraction of sp³-hybridized carbons (Fsp3) is 0.400. The highest BCUT2D eigenvalue weighted by molar-refractivity contribution is 5.82. The van der Waals surface area contributed by atoms with Gasteiger partial charge in [0.05, 0.1) is 25.7 Å². The van der Waals surface area contributed by atoms with Gasteiger partial charge in [-0.15, -0.1) is 0 Å². The highest BCUT2D eigenvalue weighted by atomic mass is 16.6. The molecule has 0 bridgehead atoms. The normalized spacial score (nSPS) is 25.8. The van der Waals surface area contributed by atoms with E-state index in [9.17, 15) is 20.4 Å². The van der Waals surface area contributed by atoms with Gasteiger partial charge in [-0.2, -0.15) is 0 Å². The van der Waals surface area contributed by atoms with E-state index in [1.165, 1.54) is 29.6 Å². The molecule has 0 unspecified atom stereocenters. The Morgan fingerprint density at radius 3 is 2.73 bits per heavy atom. The molecule has 0 saturated carbocycles. The van der Waals surface area contributed by atoms with Crippen LogP contribution in [0.2, 0.25) is 0 Å². The number of nitrogens with zero attached hydrogens (tertiary/aromatic N) is 4. The molecule has 0 aliphatic carbocycles. The summed E-state index contributed by atoms with van der Waals surface area (Å²) in [5, 5.41) is 41.9. The minimum Gasteiger partial charge on any atom is -0.504 e. The number of hydrogen-bond donors (Lipinski definition) is 5. The van der Waals surface area contributed by atoms with Crippen LogP contribution >= 0.6 is 0 Å². The molecule has 5 N–H and O–H groups in total. The van der Waals surface area contributed by atoms with Crippen LogP contribution in [0.25, 0.3) is 11.2 Å². The highest BCUT2D eigenvalue weighted by Crippen LogP contribution is 2.32. The Bertz CT molecular complexity index is 911. The Morgan fingerprint density at radius 1 is 1.19 bits per heavy atom. The largest absolute Gasteiger partial charge is 0.504 e. The van der Waals surface area contributed by atoms with Crippen LogP contribution in [0.4, 0.5) is 5.82 Å². The average Bonchev–Trinajstić information content (AvgIpc) is 3.32. The lowest BCUT2D eigenvalue weighted by Crippen LogP contribution is -2.33. The topological polar surface area (TPSA) is 159 Å². The predicted octanol–water partition coefficient (Wildman–Crippen LogP) is -0.652. The molecule has 1 saturated heterocycles. The smallest absolute Gasteiger partial charge is 0.167 e. The Labute approximate surface area is 146 Å². The van der Waals surface area contributed by atoms with E-state index < -0.39 is 31.1 Å². The zero-order valence-corrected chi connectivity index (χ0v) is 13.4. The van der Waals surface area contributed by atoms with Crippen LogP contribution in [-0.2, 0) is 11.3 Å². The molecule has 4 rings (SSSR count). The Kier molecular flexibility index (Phi) is 4.20. The van der Waals surface area contributed by atoms with Crippen molar-refractivity contribution in [1.29, 1.82) is 0 Å². The molecular formula is C15H17N5O6. The number of aliphatic hydroxyl groups is 3. The number of aromatic hydroxyl groups is 1. The van der Waals surface area contributed by atoms with E-state index in [2.05, 4.69) is 20.3 Å². The molecule has 1 aliphatic rings. The van der Waals surface area contributed by atoms with Gasteiger partial charge in [-0.3, -0.25) is 4.57 Å². The van der Waals surface area contributed by atoms with Crippen LogP contribution in [0.1, 0.15) is 12.0 Å². The standard InChI is InChI=1S/C15H17N5O6/c21-4-9-11(23)12(24)15(26-9)20-6-19-10-13(17-5-18-14(10)20)16-3-8-7(22)1-2-25-8/h1-2,5-6,9,11-12,15,21-24H,3-4H2,(H,16,17,18)/t9-,11-,12+,15-/m1/s1. The molecule has 0 amide bonds. The first-order valence-electron chi connectivity index (χ1n) is 7.89. The second-order valence-electron chi connectivity index (χ2n) is 5.86. The van der Waals surface area contributed by atoms with Crippen molar-refractivity contribution in [1.82, 2.24) is 19.5 Å². The van der Waals surface area contributed by atoms with Gasteiger partial charge in [-0.25, -0.2) is 15.0 Å². The summed E-state index contributed by atoms with van der Waals surface area (Å²) in [7, 11) is 0. The lowest BCUT2D eigenvalue weighted by atomic mass is 10.1. The van der Waals surface area contributed by atoms with Gasteiger partial charge >= 0.3 is 0 Å². The molecule has 3 aromatic rings. The Balaban J connectivity index is 1.62. The zero-order valence-electron chi connectivity index (χ0n) is 13.4. The first-order chi connectivity index (χ1) is 12.6. The summed E-state index contributed by atoms with van der Waals surface area (Å²) in [5.74, 6) is 0.774. The fourth-order valence-corrected chi connectivity index (χ4v) is 2.91. The van der Waals surface area contributed by atoms with Crippen molar-refractivity contribution in [3.05, 3.63) is 30.7 Å². The summed E-state index contributed by atoms with van der Waals surface area (Å²) in [6.45, 7) is -0.235. The third-order valence-corrected chi connectivity index (χ3v) is 4.29. The molecule has 138 valence electrons. The summed E-state index contributed by atoms with van der Waals surface area (Å²) < 4.78 is 12.1. The van der Waals surface area contributed by atoms with Crippen molar-refractivity contribution >= 4 is 17.0 Å². The van der Waals surface area contributed by atoms with Gasteiger partial charge in [0.15, 0.2) is 34.7 Å². The molecule has 11 heteroatoms. The molecule has 26 heavy (non-hydrogen) atoms. The third-order valence-electron chi connectivity index (χ3n) is 4.29. The van der Waals surface area contributed by atoms with Gasteiger partial charge in [0.25, 0.3) is 0 Å². The maximum atomic E-state index is 10.2. The summed E-state index contributed by atoms with van der Waals surface area (Å²) in [4.78, 5) is 12.5. The van der Waals surface area contributed by atoms with Gasteiger partial charge in [-0.1, -0.05) is 0 Å². The predicted molar refractivity (Wildman–Crippen MR) is 86.0 cm³/mol. The van der Waals surface area contributed by atoms with Crippen molar-refractivity contribution in [3.8, 4) is 5.75 Å². The summed E-state index contributed by atoms with van der Waals surface area (Å²) in [5.41, 5.74) is 0.789. The molecule has 1 fully saturated rings. The van der Waals surface area contributed by atoms with Crippen LogP contribution in [0.3, 0.4) is 0 Å². The van der Waals surface area contributed by atoms with E-state index in [1.807, 2.05) is 0 Å². The van der Waals surface area contributed by atoms with Gasteiger partial charge in [0.1, 0.15) is 24.6 Å². The fourth-order valence-electron chi connectivity index (χ4n) is 2.91. The van der Waals surface area contributed by atoms with Gasteiger partial charge in [0, 0.05) is 6.07 Å². The van der Waals surface area contributed by atoms with Gasteiger partial charge in [-0.05, 0) is 0 Å². The van der Waals surface area contributed by atoms with Gasteiger partial charge in [0.2, 0.25) is 0 Å². The number of furan rings is 1.